The molecule has 0 aliphatic heterocycles. The van der Waals surface area contributed by atoms with Gasteiger partial charge in [-0.1, -0.05) is 24.3 Å². The Morgan fingerprint density at radius 3 is 2.44 bits per heavy atom. The molecule has 0 aliphatic carbocycles. The second-order valence-corrected chi connectivity index (χ2v) is 6.91. The summed E-state index contributed by atoms with van der Waals surface area (Å²) in [5.41, 5.74) is 2.79. The number of carbonyl (C=O) groups is 2. The molecule has 0 unspecified atom stereocenters. The van der Waals surface area contributed by atoms with Gasteiger partial charge in [0.15, 0.2) is 0 Å². The average Bonchev–Trinajstić information content (AvgIpc) is 2.60. The van der Waals surface area contributed by atoms with E-state index in [1.54, 1.807) is 0 Å². The Balaban J connectivity index is 1.70. The van der Waals surface area contributed by atoms with Gasteiger partial charge in [-0.15, -0.1) is 0 Å². The van der Waals surface area contributed by atoms with Crippen LogP contribution >= 0.6 is 0 Å². The highest BCUT2D eigenvalue weighted by Gasteiger charge is 2.06. The van der Waals surface area contributed by atoms with Crippen LogP contribution < -0.4 is 15.4 Å². The topological polar surface area (TPSA) is 67.4 Å². The first-order chi connectivity index (χ1) is 12.9. The molecule has 2 aromatic carbocycles. The molecule has 0 saturated carbocycles. The summed E-state index contributed by atoms with van der Waals surface area (Å²) in [7, 11) is 0. The average molecular weight is 368 g/mol. The van der Waals surface area contributed by atoms with Gasteiger partial charge in [0.25, 0.3) is 0 Å². The highest BCUT2D eigenvalue weighted by atomic mass is 16.5. The Labute approximate surface area is 161 Å². The predicted molar refractivity (Wildman–Crippen MR) is 108 cm³/mol. The maximum atomic E-state index is 12.0. The standard InChI is InChI=1S/C22H28N2O3/c1-16(2)23-22(26)15-18-9-11-19(12-10-18)24-21(25)8-5-13-27-20-7-4-6-17(3)14-20/h4,6-7,9-12,14,16H,5,8,13,15H2,1-3H3,(H,23,26)(H,24,25). The van der Waals surface area contributed by atoms with Gasteiger partial charge in [0.05, 0.1) is 13.0 Å². The van der Waals surface area contributed by atoms with Crippen LogP contribution in [0.3, 0.4) is 0 Å². The number of hydrogen-bond donors (Lipinski definition) is 2. The van der Waals surface area contributed by atoms with Crippen LogP contribution in [0.25, 0.3) is 0 Å². The summed E-state index contributed by atoms with van der Waals surface area (Å²) in [6.45, 7) is 6.38. The number of aryl methyl sites for hydroxylation is 1. The fraction of sp³-hybridized carbons (Fsp3) is 0.364. The molecular formula is C22H28N2O3. The largest absolute Gasteiger partial charge is 0.494 e. The third-order valence-electron chi connectivity index (χ3n) is 3.86. The van der Waals surface area contributed by atoms with Gasteiger partial charge >= 0.3 is 0 Å². The van der Waals surface area contributed by atoms with Crippen LogP contribution in [0.15, 0.2) is 48.5 Å². The maximum Gasteiger partial charge on any atom is 0.224 e. The molecule has 27 heavy (non-hydrogen) atoms. The predicted octanol–water partition coefficient (Wildman–Crippen LogP) is 3.86. The minimum absolute atomic E-state index is 0.00426. The molecule has 5 nitrogen and oxygen atoms in total. The number of anilines is 1. The van der Waals surface area contributed by atoms with E-state index in [9.17, 15) is 9.59 Å². The van der Waals surface area contributed by atoms with Gasteiger partial charge in [-0.2, -0.15) is 0 Å². The van der Waals surface area contributed by atoms with Crippen molar-refractivity contribution in [3.8, 4) is 5.75 Å². The summed E-state index contributed by atoms with van der Waals surface area (Å²) < 4.78 is 5.65. The lowest BCUT2D eigenvalue weighted by Crippen LogP contribution is -2.31. The molecule has 0 radical (unpaired) electrons. The Morgan fingerprint density at radius 2 is 1.78 bits per heavy atom. The number of amides is 2. The monoisotopic (exact) mass is 368 g/mol. The summed E-state index contributed by atoms with van der Waals surface area (Å²) in [6.07, 6.45) is 1.38. The van der Waals surface area contributed by atoms with E-state index in [1.165, 1.54) is 0 Å². The van der Waals surface area contributed by atoms with Crippen molar-refractivity contribution in [2.45, 2.75) is 46.1 Å². The van der Waals surface area contributed by atoms with Crippen molar-refractivity contribution < 1.29 is 14.3 Å². The Bertz CT molecular complexity index is 754. The Hall–Kier alpha value is -2.82. The summed E-state index contributed by atoms with van der Waals surface area (Å²) in [5.74, 6) is 0.774. The lowest BCUT2D eigenvalue weighted by molar-refractivity contribution is -0.121. The van der Waals surface area contributed by atoms with Gasteiger partial charge in [0.2, 0.25) is 11.8 Å². The van der Waals surface area contributed by atoms with Crippen molar-refractivity contribution in [2.24, 2.45) is 0 Å². The Morgan fingerprint density at radius 1 is 1.04 bits per heavy atom. The first-order valence-electron chi connectivity index (χ1n) is 9.30. The Kier molecular flexibility index (Phi) is 7.86. The third-order valence-corrected chi connectivity index (χ3v) is 3.86. The summed E-state index contributed by atoms with van der Waals surface area (Å²) >= 11 is 0. The zero-order valence-electron chi connectivity index (χ0n) is 16.2. The van der Waals surface area contributed by atoms with E-state index in [4.69, 9.17) is 4.74 Å². The second kappa shape index (κ2) is 10.4. The summed E-state index contributed by atoms with van der Waals surface area (Å²) in [5, 5.41) is 5.73. The molecule has 2 aromatic rings. The van der Waals surface area contributed by atoms with E-state index in [2.05, 4.69) is 10.6 Å². The fourth-order valence-electron chi connectivity index (χ4n) is 2.62. The molecule has 0 spiro atoms. The minimum Gasteiger partial charge on any atom is -0.494 e. The van der Waals surface area contributed by atoms with Crippen molar-refractivity contribution in [1.29, 1.82) is 0 Å². The van der Waals surface area contributed by atoms with Crippen molar-refractivity contribution >= 4 is 17.5 Å². The number of ether oxygens (including phenoxy) is 1. The van der Waals surface area contributed by atoms with Gasteiger partial charge in [0, 0.05) is 18.2 Å². The van der Waals surface area contributed by atoms with Gasteiger partial charge in [-0.3, -0.25) is 9.59 Å². The van der Waals surface area contributed by atoms with Crippen LogP contribution in [0.2, 0.25) is 0 Å². The number of hydrogen-bond acceptors (Lipinski definition) is 3. The van der Waals surface area contributed by atoms with Gasteiger partial charge in [-0.05, 0) is 62.6 Å². The number of benzene rings is 2. The smallest absolute Gasteiger partial charge is 0.224 e. The number of nitrogens with one attached hydrogen (secondary N) is 2. The van der Waals surface area contributed by atoms with Crippen molar-refractivity contribution in [3.63, 3.8) is 0 Å². The number of carbonyl (C=O) groups excluding carboxylic acids is 2. The second-order valence-electron chi connectivity index (χ2n) is 6.91. The molecular weight excluding hydrogens is 340 g/mol. The van der Waals surface area contributed by atoms with Crippen molar-refractivity contribution in [3.05, 3.63) is 59.7 Å². The van der Waals surface area contributed by atoms with Crippen molar-refractivity contribution in [2.75, 3.05) is 11.9 Å². The minimum atomic E-state index is -0.0480. The van der Waals surface area contributed by atoms with E-state index in [-0.39, 0.29) is 17.9 Å². The van der Waals surface area contributed by atoms with Crippen LogP contribution in [0.5, 0.6) is 5.75 Å². The SMILES string of the molecule is Cc1cccc(OCCCC(=O)Nc2ccc(CC(=O)NC(C)C)cc2)c1. The van der Waals surface area contributed by atoms with Gasteiger partial charge in [0.1, 0.15) is 5.75 Å². The normalized spacial score (nSPS) is 10.5. The van der Waals surface area contributed by atoms with Crippen molar-refractivity contribution in [1.82, 2.24) is 5.32 Å². The highest BCUT2D eigenvalue weighted by Crippen LogP contribution is 2.13. The third kappa shape index (κ3) is 7.94. The summed E-state index contributed by atoms with van der Waals surface area (Å²) in [6, 6.07) is 15.3. The molecule has 2 amide bonds. The molecule has 0 bridgehead atoms. The van der Waals surface area contributed by atoms with E-state index < -0.39 is 0 Å². The quantitative estimate of drug-likeness (QED) is 0.661. The van der Waals surface area contributed by atoms with E-state index in [0.717, 1.165) is 22.6 Å². The molecule has 0 aliphatic rings. The van der Waals surface area contributed by atoms with E-state index >= 15 is 0 Å². The molecule has 144 valence electrons. The lowest BCUT2D eigenvalue weighted by Gasteiger charge is -2.09. The van der Waals surface area contributed by atoms with E-state index in [1.807, 2.05) is 69.3 Å². The molecule has 0 aromatic heterocycles. The van der Waals surface area contributed by atoms with Crippen LogP contribution in [-0.4, -0.2) is 24.5 Å². The van der Waals surface area contributed by atoms with Crippen LogP contribution in [0.4, 0.5) is 5.69 Å². The molecule has 2 rings (SSSR count). The maximum absolute atomic E-state index is 12.0. The fourth-order valence-corrected chi connectivity index (χ4v) is 2.62. The molecule has 0 heterocycles. The zero-order chi connectivity index (χ0) is 19.6. The van der Waals surface area contributed by atoms with Crippen LogP contribution in [0.1, 0.15) is 37.8 Å². The molecule has 0 fully saturated rings. The van der Waals surface area contributed by atoms with Crippen LogP contribution in [-0.2, 0) is 16.0 Å². The van der Waals surface area contributed by atoms with Gasteiger partial charge < -0.3 is 15.4 Å². The van der Waals surface area contributed by atoms with Gasteiger partial charge in [-0.25, -0.2) is 0 Å². The number of rotatable bonds is 9. The highest BCUT2D eigenvalue weighted by molar-refractivity contribution is 5.90. The van der Waals surface area contributed by atoms with Crippen LogP contribution in [0, 0.1) is 6.92 Å². The molecule has 2 N–H and O–H groups in total. The first kappa shape index (κ1) is 20.5. The molecule has 0 saturated heterocycles. The summed E-state index contributed by atoms with van der Waals surface area (Å²) in [4.78, 5) is 23.8. The lowest BCUT2D eigenvalue weighted by atomic mass is 10.1. The first-order valence-corrected chi connectivity index (χ1v) is 9.30. The molecule has 0 atom stereocenters. The molecule has 5 heteroatoms. The zero-order valence-corrected chi connectivity index (χ0v) is 16.2. The van der Waals surface area contributed by atoms with E-state index in [0.29, 0.717) is 25.9 Å².